The fourth-order valence-corrected chi connectivity index (χ4v) is 4.68. The van der Waals surface area contributed by atoms with Crippen LogP contribution in [-0.2, 0) is 13.0 Å². The summed E-state index contributed by atoms with van der Waals surface area (Å²) in [4.78, 5) is 24.3. The summed E-state index contributed by atoms with van der Waals surface area (Å²) in [5, 5.41) is 4.09. The molecule has 0 aliphatic rings. The lowest BCUT2D eigenvalue weighted by Crippen LogP contribution is -2.23. The third-order valence-electron chi connectivity index (χ3n) is 6.59. The molecule has 0 aliphatic carbocycles. The zero-order valence-electron chi connectivity index (χ0n) is 22.6. The summed E-state index contributed by atoms with van der Waals surface area (Å²) in [5.41, 5.74) is 20.3. The first-order chi connectivity index (χ1) is 19.2. The average molecular weight is 567 g/mol. The largest absolute Gasteiger partial charge is 0.386 e. The van der Waals surface area contributed by atoms with E-state index >= 15 is 4.39 Å². The summed E-state index contributed by atoms with van der Waals surface area (Å²) in [6.07, 6.45) is 5.04. The number of aromatic nitrogens is 3. The van der Waals surface area contributed by atoms with Crippen LogP contribution >= 0.6 is 11.6 Å². The Balaban J connectivity index is 1.48. The van der Waals surface area contributed by atoms with E-state index in [0.29, 0.717) is 46.9 Å². The van der Waals surface area contributed by atoms with Gasteiger partial charge in [-0.15, -0.1) is 0 Å². The van der Waals surface area contributed by atoms with E-state index in [-0.39, 0.29) is 17.6 Å². The molecule has 40 heavy (non-hydrogen) atoms. The number of nitrogens with zero attached hydrogens (tertiary/aromatic N) is 3. The second kappa shape index (κ2) is 13.7. The molecule has 0 amide bonds. The number of fused-ring (bicyclic) bond motifs is 1. The average Bonchev–Trinajstić information content (AvgIpc) is 3.34. The fourth-order valence-electron chi connectivity index (χ4n) is 4.44. The Bertz CT molecular complexity index is 1530. The SMILES string of the molecule is C[C@H](N)CCCc1cc(Cl)c(F)c(-c2cc3cn(-c4ccc(CNCCCN=C(N)CN)cc4)c(=O)nc3[nH]2)c1. The molecule has 4 rings (SSSR count). The molecule has 2 heterocycles. The van der Waals surface area contributed by atoms with Gasteiger partial charge in [-0.25, -0.2) is 9.18 Å². The molecule has 0 aliphatic heterocycles. The lowest BCUT2D eigenvalue weighted by Gasteiger charge is -2.09. The summed E-state index contributed by atoms with van der Waals surface area (Å²) >= 11 is 6.22. The van der Waals surface area contributed by atoms with Crippen molar-refractivity contribution in [3.63, 3.8) is 0 Å². The molecule has 212 valence electrons. The highest BCUT2D eigenvalue weighted by atomic mass is 35.5. The highest BCUT2D eigenvalue weighted by Crippen LogP contribution is 2.31. The Morgan fingerprint density at radius 3 is 2.70 bits per heavy atom. The number of halogens is 2. The van der Waals surface area contributed by atoms with Crippen molar-refractivity contribution in [3.05, 3.63) is 81.1 Å². The fraction of sp³-hybridized carbons (Fsp3) is 0.345. The van der Waals surface area contributed by atoms with Crippen molar-refractivity contribution in [1.29, 1.82) is 0 Å². The van der Waals surface area contributed by atoms with E-state index in [2.05, 4.69) is 20.3 Å². The minimum atomic E-state index is -0.518. The van der Waals surface area contributed by atoms with Gasteiger partial charge in [0, 0.05) is 36.3 Å². The normalized spacial score (nSPS) is 12.8. The molecule has 8 N–H and O–H groups in total. The molecular formula is C29H36ClFN8O. The molecule has 4 aromatic rings. The van der Waals surface area contributed by atoms with E-state index in [9.17, 15) is 4.79 Å². The number of nitrogens with one attached hydrogen (secondary N) is 2. The van der Waals surface area contributed by atoms with Crippen molar-refractivity contribution in [2.45, 2.75) is 45.2 Å². The van der Waals surface area contributed by atoms with Crippen molar-refractivity contribution in [2.75, 3.05) is 19.6 Å². The van der Waals surface area contributed by atoms with Gasteiger partial charge < -0.3 is 27.5 Å². The van der Waals surface area contributed by atoms with Gasteiger partial charge in [0.2, 0.25) is 0 Å². The third kappa shape index (κ3) is 7.54. The Morgan fingerprint density at radius 2 is 1.98 bits per heavy atom. The van der Waals surface area contributed by atoms with Gasteiger partial charge >= 0.3 is 5.69 Å². The van der Waals surface area contributed by atoms with E-state index in [4.69, 9.17) is 28.8 Å². The van der Waals surface area contributed by atoms with Gasteiger partial charge in [0.1, 0.15) is 11.5 Å². The lowest BCUT2D eigenvalue weighted by molar-refractivity contribution is 0.618. The minimum absolute atomic E-state index is 0.0545. The Kier molecular flexibility index (Phi) is 10.1. The van der Waals surface area contributed by atoms with Crippen LogP contribution in [0.1, 0.15) is 37.3 Å². The molecule has 0 bridgehead atoms. The van der Waals surface area contributed by atoms with Crippen LogP contribution in [0.2, 0.25) is 5.02 Å². The minimum Gasteiger partial charge on any atom is -0.386 e. The van der Waals surface area contributed by atoms with E-state index in [1.54, 1.807) is 24.4 Å². The molecule has 0 spiro atoms. The summed E-state index contributed by atoms with van der Waals surface area (Å²) < 4.78 is 16.5. The Labute approximate surface area is 237 Å². The van der Waals surface area contributed by atoms with Crippen LogP contribution in [0.3, 0.4) is 0 Å². The smallest absolute Gasteiger partial charge is 0.354 e. The number of aliphatic imine (C=N–C) groups is 1. The number of hydrogen-bond donors (Lipinski definition) is 5. The number of H-pyrrole nitrogens is 1. The van der Waals surface area contributed by atoms with E-state index in [1.165, 1.54) is 4.57 Å². The van der Waals surface area contributed by atoms with Gasteiger partial charge in [-0.05, 0) is 80.6 Å². The Hall–Kier alpha value is -3.57. The number of hydrogen-bond acceptors (Lipinski definition) is 6. The zero-order chi connectivity index (χ0) is 28.6. The second-order valence-electron chi connectivity index (χ2n) is 9.96. The summed E-state index contributed by atoms with van der Waals surface area (Å²) in [5.74, 6) is -0.0556. The van der Waals surface area contributed by atoms with Crippen LogP contribution < -0.4 is 28.2 Å². The predicted molar refractivity (Wildman–Crippen MR) is 161 cm³/mol. The maximum atomic E-state index is 15.0. The van der Waals surface area contributed by atoms with E-state index in [0.717, 1.165) is 43.4 Å². The number of benzene rings is 2. The maximum Gasteiger partial charge on any atom is 0.354 e. The van der Waals surface area contributed by atoms with Crippen molar-refractivity contribution >= 4 is 28.5 Å². The van der Waals surface area contributed by atoms with Crippen molar-refractivity contribution in [3.8, 4) is 16.9 Å². The molecule has 2 aromatic heterocycles. The van der Waals surface area contributed by atoms with Crippen LogP contribution in [0.25, 0.3) is 28.0 Å². The molecule has 0 fully saturated rings. The van der Waals surface area contributed by atoms with Gasteiger partial charge in [0.05, 0.1) is 22.9 Å². The summed E-state index contributed by atoms with van der Waals surface area (Å²) in [6, 6.07) is 13.0. The quantitative estimate of drug-likeness (QED) is 0.0946. The summed E-state index contributed by atoms with van der Waals surface area (Å²) in [7, 11) is 0. The van der Waals surface area contributed by atoms with Crippen molar-refractivity contribution < 1.29 is 4.39 Å². The van der Waals surface area contributed by atoms with Gasteiger partial charge in [0.25, 0.3) is 0 Å². The Morgan fingerprint density at radius 1 is 1.20 bits per heavy atom. The molecule has 1 atom stereocenters. The standard InChI is InChI=1S/C29H36ClFN8O/c1-18(33)4-2-5-20-12-23(27(31)24(30)13-20)25-14-21-17-39(29(40)38-28(21)37-25)22-8-6-19(7-9-22)16-35-10-3-11-36-26(34)15-32/h6-9,12-14,17-18,35H,2-5,10-11,15-16,32-33H2,1H3,(H2,34,36)(H,37,38,40)/t18-/m0/s1. The van der Waals surface area contributed by atoms with Gasteiger partial charge in [0.15, 0.2) is 5.82 Å². The number of aromatic amines is 1. The van der Waals surface area contributed by atoms with Crippen molar-refractivity contribution in [1.82, 2.24) is 19.9 Å². The lowest BCUT2D eigenvalue weighted by atomic mass is 10.0. The van der Waals surface area contributed by atoms with Gasteiger partial charge in [-0.1, -0.05) is 23.7 Å². The van der Waals surface area contributed by atoms with Crippen LogP contribution in [-0.4, -0.2) is 46.0 Å². The molecule has 0 radical (unpaired) electrons. The molecule has 9 nitrogen and oxygen atoms in total. The first-order valence-electron chi connectivity index (χ1n) is 13.4. The topological polar surface area (TPSA) is 153 Å². The number of aryl methyl sites for hydroxylation is 1. The first kappa shape index (κ1) is 29.4. The van der Waals surface area contributed by atoms with Crippen LogP contribution in [0.5, 0.6) is 0 Å². The highest BCUT2D eigenvalue weighted by Gasteiger charge is 2.15. The third-order valence-corrected chi connectivity index (χ3v) is 6.87. The maximum absolute atomic E-state index is 15.0. The van der Waals surface area contributed by atoms with Crippen LogP contribution in [0.4, 0.5) is 4.39 Å². The van der Waals surface area contributed by atoms with E-state index in [1.807, 2.05) is 31.2 Å². The van der Waals surface area contributed by atoms with Gasteiger partial charge in [-0.3, -0.25) is 9.56 Å². The van der Waals surface area contributed by atoms with Crippen LogP contribution in [0.15, 0.2) is 58.4 Å². The van der Waals surface area contributed by atoms with E-state index < -0.39 is 11.5 Å². The van der Waals surface area contributed by atoms with Crippen LogP contribution in [0, 0.1) is 5.82 Å². The predicted octanol–water partition coefficient (Wildman–Crippen LogP) is 3.64. The molecule has 0 unspecified atom stereocenters. The van der Waals surface area contributed by atoms with Gasteiger partial charge in [-0.2, -0.15) is 4.98 Å². The first-order valence-corrected chi connectivity index (χ1v) is 13.8. The molecule has 11 heteroatoms. The zero-order valence-corrected chi connectivity index (χ0v) is 23.3. The monoisotopic (exact) mass is 566 g/mol. The molecule has 2 aromatic carbocycles. The highest BCUT2D eigenvalue weighted by molar-refractivity contribution is 6.31. The summed E-state index contributed by atoms with van der Waals surface area (Å²) in [6.45, 7) is 4.34. The van der Waals surface area contributed by atoms with Crippen molar-refractivity contribution in [2.24, 2.45) is 22.2 Å². The molecule has 0 saturated heterocycles. The number of nitrogens with two attached hydrogens (primary N) is 3. The molecular weight excluding hydrogens is 531 g/mol. The second-order valence-corrected chi connectivity index (χ2v) is 10.4. The number of rotatable bonds is 13. The number of amidine groups is 1. The molecule has 0 saturated carbocycles.